The molecule has 0 saturated carbocycles. The maximum Gasteiger partial charge on any atom is 0.255 e. The third-order valence-corrected chi connectivity index (χ3v) is 3.19. The molecule has 0 spiro atoms. The Balaban J connectivity index is 1.83. The maximum absolute atomic E-state index is 12.0. The van der Waals surface area contributed by atoms with E-state index in [4.69, 9.17) is 4.42 Å². The van der Waals surface area contributed by atoms with Crippen LogP contribution in [0.1, 0.15) is 35.0 Å². The number of nitrogens with one attached hydrogen (secondary N) is 1. The highest BCUT2D eigenvalue weighted by Gasteiger charge is 2.13. The number of aryl methyl sites for hydroxylation is 2. The first-order valence-corrected chi connectivity index (χ1v) is 6.55. The van der Waals surface area contributed by atoms with Crippen LogP contribution in [0, 0.1) is 6.92 Å². The summed E-state index contributed by atoms with van der Waals surface area (Å²) in [6.07, 6.45) is 3.43. The molecular weight excluding hydrogens is 238 g/mol. The lowest BCUT2D eigenvalue weighted by Gasteiger charge is -2.13. The van der Waals surface area contributed by atoms with E-state index in [0.717, 1.165) is 12.8 Å². The van der Waals surface area contributed by atoms with Crippen molar-refractivity contribution in [3.05, 3.63) is 59.5 Å². The molecule has 0 aliphatic carbocycles. The number of carbonyl (C=O) groups excluding carboxylic acids is 1. The summed E-state index contributed by atoms with van der Waals surface area (Å²) in [5, 5.41) is 2.99. The molecule has 1 aromatic heterocycles. The molecular formula is C16H19NO2. The van der Waals surface area contributed by atoms with Crippen LogP contribution in [0.5, 0.6) is 0 Å². The van der Waals surface area contributed by atoms with Crippen LogP contribution in [0.2, 0.25) is 0 Å². The number of furan rings is 1. The molecule has 2 rings (SSSR count). The standard InChI is InChI=1S/C16H19NO2/c1-12(8-9-14-6-4-3-5-7-14)17-16(18)15-10-11-19-13(15)2/h3-7,10-12H,8-9H2,1-2H3,(H,17,18)/t12-/m0/s1. The van der Waals surface area contributed by atoms with Gasteiger partial charge in [0.1, 0.15) is 5.76 Å². The molecule has 0 fully saturated rings. The van der Waals surface area contributed by atoms with Crippen LogP contribution in [0.3, 0.4) is 0 Å². The lowest BCUT2D eigenvalue weighted by molar-refractivity contribution is 0.0937. The predicted molar refractivity (Wildman–Crippen MR) is 75.1 cm³/mol. The van der Waals surface area contributed by atoms with E-state index in [0.29, 0.717) is 11.3 Å². The normalized spacial score (nSPS) is 12.1. The van der Waals surface area contributed by atoms with Crippen molar-refractivity contribution in [2.45, 2.75) is 32.7 Å². The van der Waals surface area contributed by atoms with Gasteiger partial charge in [0.25, 0.3) is 5.91 Å². The molecule has 0 unspecified atom stereocenters. The van der Waals surface area contributed by atoms with Crippen molar-refractivity contribution in [2.75, 3.05) is 0 Å². The minimum Gasteiger partial charge on any atom is -0.469 e. The second kappa shape index (κ2) is 6.23. The van der Waals surface area contributed by atoms with Gasteiger partial charge in [-0.1, -0.05) is 30.3 Å². The van der Waals surface area contributed by atoms with E-state index < -0.39 is 0 Å². The highest BCUT2D eigenvalue weighted by atomic mass is 16.3. The molecule has 1 heterocycles. The van der Waals surface area contributed by atoms with Crippen LogP contribution in [0.25, 0.3) is 0 Å². The molecule has 1 atom stereocenters. The monoisotopic (exact) mass is 257 g/mol. The van der Waals surface area contributed by atoms with Gasteiger partial charge in [-0.25, -0.2) is 0 Å². The Kier molecular flexibility index (Phi) is 4.39. The zero-order valence-corrected chi connectivity index (χ0v) is 11.3. The number of amides is 1. The first-order chi connectivity index (χ1) is 9.16. The molecule has 3 heteroatoms. The molecule has 0 radical (unpaired) electrons. The summed E-state index contributed by atoms with van der Waals surface area (Å²) in [6, 6.07) is 12.1. The van der Waals surface area contributed by atoms with E-state index in [2.05, 4.69) is 17.4 Å². The first-order valence-electron chi connectivity index (χ1n) is 6.55. The van der Waals surface area contributed by atoms with Gasteiger partial charge in [0.2, 0.25) is 0 Å². The van der Waals surface area contributed by atoms with Crippen molar-refractivity contribution in [3.8, 4) is 0 Å². The zero-order chi connectivity index (χ0) is 13.7. The summed E-state index contributed by atoms with van der Waals surface area (Å²) in [4.78, 5) is 12.0. The van der Waals surface area contributed by atoms with Gasteiger partial charge in [-0.3, -0.25) is 4.79 Å². The first kappa shape index (κ1) is 13.4. The lowest BCUT2D eigenvalue weighted by atomic mass is 10.1. The number of carbonyl (C=O) groups is 1. The minimum atomic E-state index is -0.0631. The predicted octanol–water partition coefficient (Wildman–Crippen LogP) is 3.34. The molecule has 100 valence electrons. The zero-order valence-electron chi connectivity index (χ0n) is 11.3. The highest BCUT2D eigenvalue weighted by Crippen LogP contribution is 2.10. The second-order valence-electron chi connectivity index (χ2n) is 4.79. The van der Waals surface area contributed by atoms with E-state index in [9.17, 15) is 4.79 Å². The summed E-state index contributed by atoms with van der Waals surface area (Å²) >= 11 is 0. The molecule has 3 nitrogen and oxygen atoms in total. The third kappa shape index (κ3) is 3.71. The topological polar surface area (TPSA) is 42.2 Å². The smallest absolute Gasteiger partial charge is 0.255 e. The van der Waals surface area contributed by atoms with Crippen molar-refractivity contribution in [2.24, 2.45) is 0 Å². The van der Waals surface area contributed by atoms with Crippen molar-refractivity contribution in [1.29, 1.82) is 0 Å². The van der Waals surface area contributed by atoms with E-state index in [-0.39, 0.29) is 11.9 Å². The van der Waals surface area contributed by atoms with Gasteiger partial charge >= 0.3 is 0 Å². The molecule has 0 aliphatic heterocycles. The van der Waals surface area contributed by atoms with Gasteiger partial charge in [-0.15, -0.1) is 0 Å². The summed E-state index contributed by atoms with van der Waals surface area (Å²) < 4.78 is 5.14. The van der Waals surface area contributed by atoms with Crippen LogP contribution in [0.15, 0.2) is 47.1 Å². The van der Waals surface area contributed by atoms with Gasteiger partial charge in [-0.2, -0.15) is 0 Å². The lowest BCUT2D eigenvalue weighted by Crippen LogP contribution is -2.33. The quantitative estimate of drug-likeness (QED) is 0.892. The minimum absolute atomic E-state index is 0.0631. The van der Waals surface area contributed by atoms with E-state index in [1.54, 1.807) is 19.3 Å². The van der Waals surface area contributed by atoms with Gasteiger partial charge in [-0.05, 0) is 38.3 Å². The van der Waals surface area contributed by atoms with Crippen molar-refractivity contribution in [3.63, 3.8) is 0 Å². The van der Waals surface area contributed by atoms with Crippen LogP contribution in [0.4, 0.5) is 0 Å². The second-order valence-corrected chi connectivity index (χ2v) is 4.79. The van der Waals surface area contributed by atoms with Gasteiger partial charge in [0, 0.05) is 6.04 Å². The molecule has 0 saturated heterocycles. The fourth-order valence-corrected chi connectivity index (χ4v) is 2.02. The molecule has 1 amide bonds. The number of benzene rings is 1. The maximum atomic E-state index is 12.0. The van der Waals surface area contributed by atoms with Gasteiger partial charge < -0.3 is 9.73 Å². The van der Waals surface area contributed by atoms with E-state index in [1.807, 2.05) is 25.1 Å². The van der Waals surface area contributed by atoms with Crippen LogP contribution in [-0.2, 0) is 6.42 Å². The highest BCUT2D eigenvalue weighted by molar-refractivity contribution is 5.95. The third-order valence-electron chi connectivity index (χ3n) is 3.19. The molecule has 19 heavy (non-hydrogen) atoms. The van der Waals surface area contributed by atoms with Crippen LogP contribution < -0.4 is 5.32 Å². The Labute approximate surface area is 113 Å². The number of hydrogen-bond acceptors (Lipinski definition) is 2. The summed E-state index contributed by atoms with van der Waals surface area (Å²) in [6.45, 7) is 3.82. The number of hydrogen-bond donors (Lipinski definition) is 1. The summed E-state index contributed by atoms with van der Waals surface area (Å²) in [5.74, 6) is 0.597. The molecule has 1 N–H and O–H groups in total. The number of rotatable bonds is 5. The largest absolute Gasteiger partial charge is 0.469 e. The van der Waals surface area contributed by atoms with Crippen molar-refractivity contribution >= 4 is 5.91 Å². The Morgan fingerprint density at radius 3 is 2.63 bits per heavy atom. The van der Waals surface area contributed by atoms with E-state index >= 15 is 0 Å². The summed E-state index contributed by atoms with van der Waals surface area (Å²) in [7, 11) is 0. The van der Waals surface area contributed by atoms with Crippen molar-refractivity contribution < 1.29 is 9.21 Å². The van der Waals surface area contributed by atoms with Crippen LogP contribution >= 0.6 is 0 Å². The molecule has 1 aromatic carbocycles. The average Bonchev–Trinajstić information content (AvgIpc) is 2.84. The molecule has 0 aliphatic rings. The van der Waals surface area contributed by atoms with Gasteiger partial charge in [0.15, 0.2) is 0 Å². The fraction of sp³-hybridized carbons (Fsp3) is 0.312. The Hall–Kier alpha value is -2.03. The Bertz CT molecular complexity index is 531. The Morgan fingerprint density at radius 1 is 1.26 bits per heavy atom. The SMILES string of the molecule is Cc1occc1C(=O)N[C@@H](C)CCc1ccccc1. The average molecular weight is 257 g/mol. The van der Waals surface area contributed by atoms with Gasteiger partial charge in [0.05, 0.1) is 11.8 Å². The summed E-state index contributed by atoms with van der Waals surface area (Å²) in [5.41, 5.74) is 1.91. The van der Waals surface area contributed by atoms with E-state index in [1.165, 1.54) is 5.56 Å². The van der Waals surface area contributed by atoms with Crippen molar-refractivity contribution in [1.82, 2.24) is 5.32 Å². The molecule has 0 bridgehead atoms. The molecule has 2 aromatic rings. The Morgan fingerprint density at radius 2 is 2.00 bits per heavy atom. The fourth-order valence-electron chi connectivity index (χ4n) is 2.02. The van der Waals surface area contributed by atoms with Crippen LogP contribution in [-0.4, -0.2) is 11.9 Å².